The van der Waals surface area contributed by atoms with Crippen LogP contribution in [-0.2, 0) is 6.42 Å². The van der Waals surface area contributed by atoms with Gasteiger partial charge in [0, 0.05) is 19.0 Å². The molecule has 2 heterocycles. The second kappa shape index (κ2) is 4.56. The molecule has 3 N–H and O–H groups in total. The van der Waals surface area contributed by atoms with E-state index in [4.69, 9.17) is 0 Å². The molecule has 0 amide bonds. The fraction of sp³-hybridized carbons (Fsp3) is 0.333. The average molecular weight is 220 g/mol. The number of H-pyrrole nitrogens is 2. The first-order valence-corrected chi connectivity index (χ1v) is 4.90. The fourth-order valence-corrected chi connectivity index (χ4v) is 1.33. The van der Waals surface area contributed by atoms with Gasteiger partial charge >= 0.3 is 0 Å². The van der Waals surface area contributed by atoms with Crippen molar-refractivity contribution in [1.29, 1.82) is 0 Å². The molecule has 0 aliphatic heterocycles. The molecule has 0 fully saturated rings. The van der Waals surface area contributed by atoms with Gasteiger partial charge in [0.05, 0.1) is 0 Å². The van der Waals surface area contributed by atoms with E-state index in [0.717, 1.165) is 5.82 Å². The van der Waals surface area contributed by atoms with Crippen LogP contribution in [-0.4, -0.2) is 31.7 Å². The second-order valence-corrected chi connectivity index (χ2v) is 3.32. The molecule has 0 unspecified atom stereocenters. The summed E-state index contributed by atoms with van der Waals surface area (Å²) in [6.07, 6.45) is 2.17. The van der Waals surface area contributed by atoms with E-state index < -0.39 is 0 Å². The Labute approximate surface area is 91.4 Å². The van der Waals surface area contributed by atoms with Gasteiger partial charge in [-0.05, 0) is 6.92 Å². The third kappa shape index (κ3) is 2.66. The van der Waals surface area contributed by atoms with Crippen LogP contribution in [0, 0.1) is 6.92 Å². The summed E-state index contributed by atoms with van der Waals surface area (Å²) >= 11 is 0. The average Bonchev–Trinajstić information content (AvgIpc) is 2.69. The minimum absolute atomic E-state index is 0.158. The Morgan fingerprint density at radius 3 is 3.06 bits per heavy atom. The number of anilines is 1. The van der Waals surface area contributed by atoms with Crippen molar-refractivity contribution in [2.75, 3.05) is 11.9 Å². The maximum absolute atomic E-state index is 11.1. The van der Waals surface area contributed by atoms with E-state index in [9.17, 15) is 4.79 Å². The van der Waals surface area contributed by atoms with Crippen LogP contribution in [0.15, 0.2) is 17.2 Å². The summed E-state index contributed by atoms with van der Waals surface area (Å²) < 4.78 is 0. The molecule has 2 aromatic heterocycles. The van der Waals surface area contributed by atoms with Gasteiger partial charge in [0.15, 0.2) is 0 Å². The van der Waals surface area contributed by atoms with E-state index >= 15 is 0 Å². The molecule has 0 aromatic carbocycles. The highest BCUT2D eigenvalue weighted by atomic mass is 16.1. The minimum atomic E-state index is -0.158. The van der Waals surface area contributed by atoms with Crippen LogP contribution in [0.2, 0.25) is 0 Å². The van der Waals surface area contributed by atoms with Crippen molar-refractivity contribution in [2.24, 2.45) is 0 Å². The summed E-state index contributed by atoms with van der Waals surface area (Å²) in [5.74, 6) is 1.96. The van der Waals surface area contributed by atoms with Crippen LogP contribution < -0.4 is 10.9 Å². The van der Waals surface area contributed by atoms with Crippen molar-refractivity contribution in [3.05, 3.63) is 34.4 Å². The molecular formula is C9H12N6O. The molecule has 0 aliphatic carbocycles. The second-order valence-electron chi connectivity index (χ2n) is 3.32. The molecule has 84 valence electrons. The van der Waals surface area contributed by atoms with E-state index in [1.807, 2.05) is 0 Å². The van der Waals surface area contributed by atoms with E-state index in [1.165, 1.54) is 12.4 Å². The Balaban J connectivity index is 1.92. The van der Waals surface area contributed by atoms with Crippen molar-refractivity contribution < 1.29 is 0 Å². The summed E-state index contributed by atoms with van der Waals surface area (Å²) in [5.41, 5.74) is -0.158. The van der Waals surface area contributed by atoms with Crippen LogP contribution in [0.1, 0.15) is 11.6 Å². The molecule has 0 saturated heterocycles. The van der Waals surface area contributed by atoms with E-state index in [1.54, 1.807) is 6.92 Å². The lowest BCUT2D eigenvalue weighted by atomic mass is 10.4. The van der Waals surface area contributed by atoms with E-state index in [2.05, 4.69) is 30.5 Å². The molecule has 0 atom stereocenters. The van der Waals surface area contributed by atoms with Gasteiger partial charge in [-0.1, -0.05) is 0 Å². The maximum Gasteiger partial charge on any atom is 0.252 e. The molecular weight excluding hydrogens is 208 g/mol. The Bertz CT molecular complexity index is 503. The molecule has 0 saturated carbocycles. The predicted octanol–water partition coefficient (Wildman–Crippen LogP) is -0.149. The summed E-state index contributed by atoms with van der Waals surface area (Å²) in [5, 5.41) is 9.54. The highest BCUT2D eigenvalue weighted by Gasteiger charge is 1.98. The zero-order chi connectivity index (χ0) is 11.4. The molecule has 7 nitrogen and oxygen atoms in total. The molecule has 0 radical (unpaired) electrons. The molecule has 0 spiro atoms. The number of nitrogens with one attached hydrogen (secondary N) is 3. The maximum atomic E-state index is 11.1. The SMILES string of the molecule is Cc1nc(NCCc2ncn[nH]2)cc(=O)[nH]1. The van der Waals surface area contributed by atoms with Gasteiger partial charge in [0.1, 0.15) is 23.8 Å². The molecule has 0 aliphatic rings. The monoisotopic (exact) mass is 220 g/mol. The number of hydrogen-bond donors (Lipinski definition) is 3. The zero-order valence-electron chi connectivity index (χ0n) is 8.82. The van der Waals surface area contributed by atoms with Gasteiger partial charge in [-0.2, -0.15) is 5.10 Å². The van der Waals surface area contributed by atoms with Crippen LogP contribution >= 0.6 is 0 Å². The number of aryl methyl sites for hydroxylation is 1. The van der Waals surface area contributed by atoms with Crippen molar-refractivity contribution in [3.63, 3.8) is 0 Å². The summed E-state index contributed by atoms with van der Waals surface area (Å²) in [7, 11) is 0. The van der Waals surface area contributed by atoms with Crippen molar-refractivity contribution in [3.8, 4) is 0 Å². The van der Waals surface area contributed by atoms with Gasteiger partial charge in [-0.25, -0.2) is 9.97 Å². The summed E-state index contributed by atoms with van der Waals surface area (Å²) in [4.78, 5) is 21.8. The lowest BCUT2D eigenvalue weighted by Gasteiger charge is -2.03. The molecule has 7 heteroatoms. The number of rotatable bonds is 4. The van der Waals surface area contributed by atoms with Crippen molar-refractivity contribution in [2.45, 2.75) is 13.3 Å². The van der Waals surface area contributed by atoms with Gasteiger partial charge in [-0.3, -0.25) is 9.89 Å². The van der Waals surface area contributed by atoms with E-state index in [-0.39, 0.29) is 5.56 Å². The summed E-state index contributed by atoms with van der Waals surface area (Å²) in [6.45, 7) is 2.38. The standard InChI is InChI=1S/C9H12N6O/c1-6-13-8(4-9(16)14-6)10-3-2-7-11-5-12-15-7/h4-5H,2-3H2,1H3,(H,11,12,15)(H2,10,13,14,16). The Hall–Kier alpha value is -2.18. The Kier molecular flexibility index (Phi) is 2.95. The number of aromatic amines is 2. The highest BCUT2D eigenvalue weighted by Crippen LogP contribution is 1.98. The Morgan fingerprint density at radius 1 is 1.50 bits per heavy atom. The normalized spacial score (nSPS) is 10.3. The number of aromatic nitrogens is 5. The quantitative estimate of drug-likeness (QED) is 0.665. The zero-order valence-corrected chi connectivity index (χ0v) is 8.82. The molecule has 16 heavy (non-hydrogen) atoms. The fourth-order valence-electron chi connectivity index (χ4n) is 1.33. The van der Waals surface area contributed by atoms with Gasteiger partial charge < -0.3 is 10.3 Å². The number of hydrogen-bond acceptors (Lipinski definition) is 5. The van der Waals surface area contributed by atoms with Crippen LogP contribution in [0.3, 0.4) is 0 Å². The smallest absolute Gasteiger partial charge is 0.252 e. The van der Waals surface area contributed by atoms with Crippen LogP contribution in [0.5, 0.6) is 0 Å². The van der Waals surface area contributed by atoms with Gasteiger partial charge in [0.2, 0.25) is 0 Å². The Morgan fingerprint density at radius 2 is 2.38 bits per heavy atom. The number of nitrogens with zero attached hydrogens (tertiary/aromatic N) is 3. The largest absolute Gasteiger partial charge is 0.369 e. The van der Waals surface area contributed by atoms with Crippen molar-refractivity contribution >= 4 is 5.82 Å². The molecule has 2 aromatic rings. The predicted molar refractivity (Wildman–Crippen MR) is 58.2 cm³/mol. The third-order valence-electron chi connectivity index (χ3n) is 1.99. The highest BCUT2D eigenvalue weighted by molar-refractivity contribution is 5.32. The first kappa shape index (κ1) is 10.3. The lowest BCUT2D eigenvalue weighted by molar-refractivity contribution is 0.891. The van der Waals surface area contributed by atoms with Gasteiger partial charge in [-0.15, -0.1) is 0 Å². The van der Waals surface area contributed by atoms with Gasteiger partial charge in [0.25, 0.3) is 5.56 Å². The molecule has 0 bridgehead atoms. The minimum Gasteiger partial charge on any atom is -0.369 e. The first-order chi connectivity index (χ1) is 7.74. The van der Waals surface area contributed by atoms with Crippen molar-refractivity contribution in [1.82, 2.24) is 25.1 Å². The third-order valence-corrected chi connectivity index (χ3v) is 1.99. The topological polar surface area (TPSA) is 99.3 Å². The van der Waals surface area contributed by atoms with Crippen LogP contribution in [0.25, 0.3) is 0 Å². The molecule has 2 rings (SSSR count). The first-order valence-electron chi connectivity index (χ1n) is 4.90. The van der Waals surface area contributed by atoms with Crippen LogP contribution in [0.4, 0.5) is 5.82 Å². The summed E-state index contributed by atoms with van der Waals surface area (Å²) in [6, 6.07) is 1.42. The lowest BCUT2D eigenvalue weighted by Crippen LogP contribution is -2.13. The van der Waals surface area contributed by atoms with E-state index in [0.29, 0.717) is 24.6 Å².